The molecule has 0 radical (unpaired) electrons. The van der Waals surface area contributed by atoms with Gasteiger partial charge in [-0.15, -0.1) is 0 Å². The highest BCUT2D eigenvalue weighted by Crippen LogP contribution is 2.31. The van der Waals surface area contributed by atoms with Crippen LogP contribution in [0, 0.1) is 10.1 Å². The maximum absolute atomic E-state index is 13.3. The van der Waals surface area contributed by atoms with Gasteiger partial charge < -0.3 is 4.90 Å². The number of carbonyl (C=O) groups is 1. The van der Waals surface area contributed by atoms with Gasteiger partial charge in [0.05, 0.1) is 46.4 Å². The van der Waals surface area contributed by atoms with Crippen LogP contribution in [0.3, 0.4) is 0 Å². The molecule has 3 rings (SSSR count). The normalized spacial score (nSPS) is 11.1. The average Bonchev–Trinajstić information content (AvgIpc) is 3.08. The molecule has 1 amide bonds. The summed E-state index contributed by atoms with van der Waals surface area (Å²) in [5, 5.41) is 11.9. The summed E-state index contributed by atoms with van der Waals surface area (Å²) in [6.07, 6.45) is 0.760. The lowest BCUT2D eigenvalue weighted by molar-refractivity contribution is -0.858. The van der Waals surface area contributed by atoms with Gasteiger partial charge in [0.2, 0.25) is 0 Å². The first kappa shape index (κ1) is 20.2. The monoisotopic (exact) mass is 419 g/mol. The molecule has 0 bridgehead atoms. The molecular weight excluding hydrogens is 400 g/mol. The molecule has 7 nitrogen and oxygen atoms in total. The summed E-state index contributed by atoms with van der Waals surface area (Å²) in [6.45, 7) is 1.32. The number of hydrogen-bond donors (Lipinski definition) is 1. The molecule has 0 fully saturated rings. The van der Waals surface area contributed by atoms with Gasteiger partial charge in [-0.05, 0) is 18.2 Å². The SMILES string of the molecule is C[NH+](C)CCCN(C(=O)c1cc([N+](=O)[O-])ccc1Cl)c1nc2ccccc2s1. The van der Waals surface area contributed by atoms with Gasteiger partial charge in [0.1, 0.15) is 0 Å². The number of amides is 1. The number of quaternary nitrogens is 1. The van der Waals surface area contributed by atoms with Gasteiger partial charge in [-0.2, -0.15) is 0 Å². The maximum Gasteiger partial charge on any atom is 0.270 e. The molecule has 3 aromatic rings. The number of nitrogens with zero attached hydrogens (tertiary/aromatic N) is 3. The van der Waals surface area contributed by atoms with Crippen LogP contribution in [0.2, 0.25) is 5.02 Å². The summed E-state index contributed by atoms with van der Waals surface area (Å²) in [5.74, 6) is -0.387. The Kier molecular flexibility index (Phi) is 6.23. The second kappa shape index (κ2) is 8.64. The van der Waals surface area contributed by atoms with E-state index in [0.717, 1.165) is 23.2 Å². The van der Waals surface area contributed by atoms with E-state index in [2.05, 4.69) is 4.98 Å². The van der Waals surface area contributed by atoms with Crippen molar-refractivity contribution in [2.24, 2.45) is 0 Å². The average molecular weight is 420 g/mol. The first-order chi connectivity index (χ1) is 13.4. The van der Waals surface area contributed by atoms with E-state index < -0.39 is 4.92 Å². The van der Waals surface area contributed by atoms with Crippen molar-refractivity contribution in [2.75, 3.05) is 32.1 Å². The summed E-state index contributed by atoms with van der Waals surface area (Å²) in [4.78, 5) is 31.3. The van der Waals surface area contributed by atoms with E-state index in [1.54, 1.807) is 4.90 Å². The second-order valence-electron chi connectivity index (χ2n) is 6.65. The minimum Gasteiger partial charge on any atom is -0.340 e. The Bertz CT molecular complexity index is 988. The molecule has 146 valence electrons. The molecular formula is C19H20ClN4O3S+. The first-order valence-corrected chi connectivity index (χ1v) is 9.96. The van der Waals surface area contributed by atoms with Gasteiger partial charge >= 0.3 is 0 Å². The van der Waals surface area contributed by atoms with Crippen molar-refractivity contribution in [3.05, 3.63) is 63.2 Å². The third-order valence-electron chi connectivity index (χ3n) is 4.21. The van der Waals surface area contributed by atoms with Gasteiger partial charge in [-0.25, -0.2) is 4.98 Å². The van der Waals surface area contributed by atoms with Gasteiger partial charge in [-0.1, -0.05) is 35.1 Å². The van der Waals surface area contributed by atoms with Gasteiger partial charge in [0, 0.05) is 25.1 Å². The summed E-state index contributed by atoms with van der Waals surface area (Å²) in [6, 6.07) is 11.5. The number of carbonyl (C=O) groups excluding carboxylic acids is 1. The summed E-state index contributed by atoms with van der Waals surface area (Å²) in [5.41, 5.74) is 0.741. The highest BCUT2D eigenvalue weighted by molar-refractivity contribution is 7.22. The molecule has 0 atom stereocenters. The summed E-state index contributed by atoms with van der Waals surface area (Å²) >= 11 is 7.61. The number of nitrogens with one attached hydrogen (secondary N) is 1. The van der Waals surface area contributed by atoms with Crippen LogP contribution < -0.4 is 9.80 Å². The number of benzene rings is 2. The van der Waals surface area contributed by atoms with Crippen molar-refractivity contribution < 1.29 is 14.6 Å². The number of hydrogen-bond acceptors (Lipinski definition) is 5. The van der Waals surface area contributed by atoms with Crippen LogP contribution >= 0.6 is 22.9 Å². The smallest absolute Gasteiger partial charge is 0.270 e. The molecule has 0 saturated heterocycles. The zero-order valence-corrected chi connectivity index (χ0v) is 17.1. The quantitative estimate of drug-likeness (QED) is 0.471. The number of aromatic nitrogens is 1. The van der Waals surface area contributed by atoms with Crippen LogP contribution in [-0.2, 0) is 0 Å². The molecule has 1 N–H and O–H groups in total. The largest absolute Gasteiger partial charge is 0.340 e. The fourth-order valence-electron chi connectivity index (χ4n) is 2.79. The number of halogens is 1. The fraction of sp³-hybridized carbons (Fsp3) is 0.263. The minimum absolute atomic E-state index is 0.104. The molecule has 28 heavy (non-hydrogen) atoms. The first-order valence-electron chi connectivity index (χ1n) is 8.77. The van der Waals surface area contributed by atoms with Crippen LogP contribution in [0.25, 0.3) is 10.2 Å². The predicted molar refractivity (Wildman–Crippen MR) is 112 cm³/mol. The highest BCUT2D eigenvalue weighted by Gasteiger charge is 2.25. The number of nitro benzene ring substituents is 1. The predicted octanol–water partition coefficient (Wildman–Crippen LogP) is 3.04. The van der Waals surface area contributed by atoms with Crippen molar-refractivity contribution in [1.82, 2.24) is 4.98 Å². The number of thiazole rings is 1. The molecule has 0 saturated carbocycles. The lowest BCUT2D eigenvalue weighted by Crippen LogP contribution is -3.05. The van der Waals surface area contributed by atoms with E-state index in [4.69, 9.17) is 11.6 Å². The lowest BCUT2D eigenvalue weighted by atomic mass is 10.1. The van der Waals surface area contributed by atoms with Gasteiger partial charge in [0.25, 0.3) is 11.6 Å². The van der Waals surface area contributed by atoms with Crippen LogP contribution in [-0.4, -0.2) is 43.0 Å². The number of fused-ring (bicyclic) bond motifs is 1. The summed E-state index contributed by atoms with van der Waals surface area (Å²) < 4.78 is 0.971. The third kappa shape index (κ3) is 4.46. The van der Waals surface area contributed by atoms with Crippen LogP contribution in [0.1, 0.15) is 16.8 Å². The molecule has 0 aliphatic heterocycles. The van der Waals surface area contributed by atoms with E-state index in [-0.39, 0.29) is 22.2 Å². The standard InChI is InChI=1S/C19H19ClN4O3S/c1-22(2)10-5-11-23(19-21-16-6-3-4-7-17(16)28-19)18(25)14-12-13(24(26)27)8-9-15(14)20/h3-4,6-9,12H,5,10-11H2,1-2H3/p+1. The second-order valence-corrected chi connectivity index (χ2v) is 8.07. The van der Waals surface area contributed by atoms with E-state index in [9.17, 15) is 14.9 Å². The molecule has 9 heteroatoms. The maximum atomic E-state index is 13.3. The highest BCUT2D eigenvalue weighted by atomic mass is 35.5. The number of para-hydroxylation sites is 1. The number of nitro groups is 1. The van der Waals surface area contributed by atoms with Crippen LogP contribution in [0.4, 0.5) is 10.8 Å². The number of non-ortho nitro benzene ring substituents is 1. The molecule has 0 aliphatic carbocycles. The van der Waals surface area contributed by atoms with E-state index in [1.165, 1.54) is 34.4 Å². The number of rotatable bonds is 7. The molecule has 2 aromatic carbocycles. The van der Waals surface area contributed by atoms with Crippen molar-refractivity contribution >= 4 is 49.9 Å². The Morgan fingerprint density at radius 3 is 2.71 bits per heavy atom. The van der Waals surface area contributed by atoms with Crippen molar-refractivity contribution in [3.63, 3.8) is 0 Å². The Hall–Kier alpha value is -2.55. The van der Waals surface area contributed by atoms with E-state index in [0.29, 0.717) is 11.7 Å². The van der Waals surface area contributed by atoms with Gasteiger partial charge in [-0.3, -0.25) is 19.8 Å². The van der Waals surface area contributed by atoms with Crippen LogP contribution in [0.15, 0.2) is 42.5 Å². The van der Waals surface area contributed by atoms with Gasteiger partial charge in [0.15, 0.2) is 5.13 Å². The van der Waals surface area contributed by atoms with Crippen LogP contribution in [0.5, 0.6) is 0 Å². The number of anilines is 1. The fourth-order valence-corrected chi connectivity index (χ4v) is 3.97. The zero-order valence-electron chi connectivity index (χ0n) is 15.5. The third-order valence-corrected chi connectivity index (χ3v) is 5.60. The van der Waals surface area contributed by atoms with E-state index >= 15 is 0 Å². The topological polar surface area (TPSA) is 80.8 Å². The Morgan fingerprint density at radius 1 is 1.29 bits per heavy atom. The van der Waals surface area contributed by atoms with Crippen molar-refractivity contribution in [1.29, 1.82) is 0 Å². The van der Waals surface area contributed by atoms with E-state index in [1.807, 2.05) is 38.4 Å². The molecule has 1 heterocycles. The lowest BCUT2D eigenvalue weighted by Gasteiger charge is -2.20. The Morgan fingerprint density at radius 2 is 2.04 bits per heavy atom. The van der Waals surface area contributed by atoms with Crippen molar-refractivity contribution in [3.8, 4) is 0 Å². The molecule has 1 aromatic heterocycles. The Labute approximate surface area is 171 Å². The zero-order chi connectivity index (χ0) is 20.3. The van der Waals surface area contributed by atoms with Crippen molar-refractivity contribution in [2.45, 2.75) is 6.42 Å². The minimum atomic E-state index is -0.537. The Balaban J connectivity index is 1.99. The molecule has 0 aliphatic rings. The molecule has 0 spiro atoms. The molecule has 0 unspecified atom stereocenters. The summed E-state index contributed by atoms with van der Waals surface area (Å²) in [7, 11) is 4.09.